The van der Waals surface area contributed by atoms with Gasteiger partial charge in [-0.15, -0.1) is 0 Å². The summed E-state index contributed by atoms with van der Waals surface area (Å²) in [6.07, 6.45) is 4.72. The minimum atomic E-state index is -0.0408. The maximum Gasteiger partial charge on any atom is 0.125 e. The van der Waals surface area contributed by atoms with Crippen LogP contribution in [0, 0.1) is 0 Å². The third-order valence-corrected chi connectivity index (χ3v) is 4.59. The number of likely N-dealkylation sites (tertiary alicyclic amines) is 1. The van der Waals surface area contributed by atoms with Gasteiger partial charge in [-0.3, -0.25) is 4.90 Å². The van der Waals surface area contributed by atoms with Gasteiger partial charge in [0, 0.05) is 24.3 Å². The smallest absolute Gasteiger partial charge is 0.125 e. The molecule has 0 aromatic heterocycles. The summed E-state index contributed by atoms with van der Waals surface area (Å²) in [7, 11) is 0. The van der Waals surface area contributed by atoms with E-state index in [4.69, 9.17) is 4.74 Å². The van der Waals surface area contributed by atoms with Crippen LogP contribution in [0.4, 0.5) is 5.69 Å². The van der Waals surface area contributed by atoms with E-state index in [-0.39, 0.29) is 5.60 Å². The molecule has 2 aliphatic rings. The van der Waals surface area contributed by atoms with Crippen molar-refractivity contribution in [2.24, 2.45) is 0 Å². The second-order valence-corrected chi connectivity index (χ2v) is 6.34. The summed E-state index contributed by atoms with van der Waals surface area (Å²) in [6.45, 7) is 8.96. The van der Waals surface area contributed by atoms with Crippen LogP contribution in [0.3, 0.4) is 0 Å². The van der Waals surface area contributed by atoms with Crippen LogP contribution < -0.4 is 10.1 Å². The number of ether oxygens (including phenoxy) is 1. The lowest BCUT2D eigenvalue weighted by atomic mass is 9.94. The van der Waals surface area contributed by atoms with Crippen molar-refractivity contribution >= 4 is 5.69 Å². The van der Waals surface area contributed by atoms with E-state index < -0.39 is 0 Å². The van der Waals surface area contributed by atoms with Crippen molar-refractivity contribution in [3.63, 3.8) is 0 Å². The van der Waals surface area contributed by atoms with Crippen LogP contribution in [0.25, 0.3) is 0 Å². The first kappa shape index (κ1) is 13.7. The molecule has 0 radical (unpaired) electrons. The van der Waals surface area contributed by atoms with E-state index >= 15 is 0 Å². The van der Waals surface area contributed by atoms with E-state index in [1.54, 1.807) is 0 Å². The zero-order valence-electron chi connectivity index (χ0n) is 12.7. The lowest BCUT2D eigenvalue weighted by Gasteiger charge is -2.41. The van der Waals surface area contributed by atoms with E-state index in [0.29, 0.717) is 0 Å². The number of hydrogen-bond acceptors (Lipinski definition) is 3. The van der Waals surface area contributed by atoms with Crippen LogP contribution in [-0.4, -0.2) is 36.7 Å². The van der Waals surface area contributed by atoms with Crippen molar-refractivity contribution in [1.82, 2.24) is 4.90 Å². The van der Waals surface area contributed by atoms with Gasteiger partial charge in [0.1, 0.15) is 11.4 Å². The molecule has 1 saturated heterocycles. The van der Waals surface area contributed by atoms with Gasteiger partial charge in [-0.05, 0) is 57.8 Å². The lowest BCUT2D eigenvalue weighted by Crippen LogP contribution is -2.49. The van der Waals surface area contributed by atoms with Crippen LogP contribution in [0.5, 0.6) is 5.75 Å². The normalized spacial score (nSPS) is 26.7. The van der Waals surface area contributed by atoms with Gasteiger partial charge in [-0.1, -0.05) is 13.0 Å². The predicted octanol–water partition coefficient (Wildman–Crippen LogP) is 3.30. The van der Waals surface area contributed by atoms with Gasteiger partial charge in [0.15, 0.2) is 0 Å². The van der Waals surface area contributed by atoms with Gasteiger partial charge in [0.05, 0.1) is 0 Å². The minimum absolute atomic E-state index is 0.0408. The monoisotopic (exact) mass is 274 g/mol. The Hall–Kier alpha value is -1.22. The zero-order valence-corrected chi connectivity index (χ0v) is 12.7. The van der Waals surface area contributed by atoms with E-state index in [2.05, 4.69) is 42.3 Å². The molecule has 0 bridgehead atoms. The Morgan fingerprint density at radius 3 is 3.10 bits per heavy atom. The number of rotatable bonds is 3. The molecule has 2 aliphatic heterocycles. The number of piperidine rings is 1. The Morgan fingerprint density at radius 2 is 2.25 bits per heavy atom. The highest BCUT2D eigenvalue weighted by molar-refractivity contribution is 5.59. The van der Waals surface area contributed by atoms with Gasteiger partial charge in [0.2, 0.25) is 0 Å². The Balaban J connectivity index is 1.80. The Morgan fingerprint density at radius 1 is 1.35 bits per heavy atom. The molecular formula is C17H26N2O. The summed E-state index contributed by atoms with van der Waals surface area (Å²) in [5.41, 5.74) is 2.59. The molecule has 1 atom stereocenters. The average Bonchev–Trinajstić information content (AvgIpc) is 2.47. The molecule has 3 nitrogen and oxygen atoms in total. The van der Waals surface area contributed by atoms with E-state index in [0.717, 1.165) is 38.2 Å². The Kier molecular flexibility index (Phi) is 3.88. The first-order valence-corrected chi connectivity index (χ1v) is 7.97. The summed E-state index contributed by atoms with van der Waals surface area (Å²) in [6, 6.07) is 6.42. The number of hydrogen-bond donors (Lipinski definition) is 1. The van der Waals surface area contributed by atoms with Crippen molar-refractivity contribution in [3.8, 4) is 5.75 Å². The third-order valence-electron chi connectivity index (χ3n) is 4.59. The molecule has 1 unspecified atom stereocenters. The molecular weight excluding hydrogens is 248 g/mol. The van der Waals surface area contributed by atoms with Crippen LogP contribution in [0.15, 0.2) is 18.2 Å². The standard InChI is InChI=1S/C17H26N2O/c1-3-19-12-6-10-17(2,13-19)20-16-9-4-8-15-14(16)7-5-11-18-15/h4,8-9,18H,3,5-7,10-13H2,1-2H3. The molecule has 20 heavy (non-hydrogen) atoms. The molecule has 1 fully saturated rings. The highest BCUT2D eigenvalue weighted by Gasteiger charge is 2.33. The number of fused-ring (bicyclic) bond motifs is 1. The quantitative estimate of drug-likeness (QED) is 0.915. The van der Waals surface area contributed by atoms with Crippen LogP contribution in [0.1, 0.15) is 38.7 Å². The second-order valence-electron chi connectivity index (χ2n) is 6.34. The highest BCUT2D eigenvalue weighted by atomic mass is 16.5. The molecule has 110 valence electrons. The maximum atomic E-state index is 6.49. The first-order valence-electron chi connectivity index (χ1n) is 7.97. The van der Waals surface area contributed by atoms with Gasteiger partial charge >= 0.3 is 0 Å². The molecule has 1 aromatic carbocycles. The molecule has 2 heterocycles. The van der Waals surface area contributed by atoms with Crippen molar-refractivity contribution in [3.05, 3.63) is 23.8 Å². The average molecular weight is 274 g/mol. The van der Waals surface area contributed by atoms with Crippen molar-refractivity contribution in [2.45, 2.75) is 45.1 Å². The molecule has 0 aliphatic carbocycles. The molecule has 0 saturated carbocycles. The summed E-state index contributed by atoms with van der Waals surface area (Å²) < 4.78 is 6.49. The lowest BCUT2D eigenvalue weighted by molar-refractivity contribution is 0.00721. The number of likely N-dealkylation sites (N-methyl/N-ethyl adjacent to an activating group) is 1. The van der Waals surface area contributed by atoms with Gasteiger partial charge in [-0.25, -0.2) is 0 Å². The first-order chi connectivity index (χ1) is 9.70. The second kappa shape index (κ2) is 5.65. The fourth-order valence-electron chi connectivity index (χ4n) is 3.50. The largest absolute Gasteiger partial charge is 0.486 e. The van der Waals surface area contributed by atoms with Crippen LogP contribution in [-0.2, 0) is 6.42 Å². The number of anilines is 1. The van der Waals surface area contributed by atoms with E-state index in [1.165, 1.54) is 30.6 Å². The number of benzene rings is 1. The van der Waals surface area contributed by atoms with Crippen molar-refractivity contribution in [1.29, 1.82) is 0 Å². The number of nitrogens with one attached hydrogen (secondary N) is 1. The van der Waals surface area contributed by atoms with Crippen LogP contribution >= 0.6 is 0 Å². The molecule has 1 aromatic rings. The topological polar surface area (TPSA) is 24.5 Å². The van der Waals surface area contributed by atoms with Gasteiger partial charge in [-0.2, -0.15) is 0 Å². The summed E-state index contributed by atoms with van der Waals surface area (Å²) in [5, 5.41) is 3.48. The van der Waals surface area contributed by atoms with Crippen LogP contribution in [0.2, 0.25) is 0 Å². The molecule has 3 heteroatoms. The highest BCUT2D eigenvalue weighted by Crippen LogP contribution is 2.35. The van der Waals surface area contributed by atoms with Gasteiger partial charge < -0.3 is 10.1 Å². The Labute approximate surface area is 122 Å². The van der Waals surface area contributed by atoms with Crippen molar-refractivity contribution in [2.75, 3.05) is 31.5 Å². The van der Waals surface area contributed by atoms with Gasteiger partial charge in [0.25, 0.3) is 0 Å². The van der Waals surface area contributed by atoms with E-state index in [9.17, 15) is 0 Å². The Bertz CT molecular complexity index is 474. The fraction of sp³-hybridized carbons (Fsp3) is 0.647. The number of nitrogens with zero attached hydrogens (tertiary/aromatic N) is 1. The predicted molar refractivity (Wildman–Crippen MR) is 83.6 cm³/mol. The van der Waals surface area contributed by atoms with E-state index in [1.807, 2.05) is 0 Å². The SMILES string of the molecule is CCN1CCCC(C)(Oc2cccc3c2CCCN3)C1. The summed E-state index contributed by atoms with van der Waals surface area (Å²) >= 11 is 0. The summed E-state index contributed by atoms with van der Waals surface area (Å²) in [4.78, 5) is 2.50. The fourth-order valence-corrected chi connectivity index (χ4v) is 3.50. The molecule has 1 N–H and O–H groups in total. The molecule has 3 rings (SSSR count). The molecule has 0 spiro atoms. The minimum Gasteiger partial charge on any atom is -0.486 e. The molecule has 0 amide bonds. The third kappa shape index (κ3) is 2.78. The zero-order chi connectivity index (χ0) is 14.0. The summed E-state index contributed by atoms with van der Waals surface area (Å²) in [5.74, 6) is 1.09. The maximum absolute atomic E-state index is 6.49. The van der Waals surface area contributed by atoms with Crippen molar-refractivity contribution < 1.29 is 4.74 Å².